The summed E-state index contributed by atoms with van der Waals surface area (Å²) in [6.07, 6.45) is 6.44. The molecule has 2 aromatic heterocycles. The van der Waals surface area contributed by atoms with Gasteiger partial charge < -0.3 is 14.8 Å². The lowest BCUT2D eigenvalue weighted by molar-refractivity contribution is -0.0259. The Labute approximate surface area is 146 Å². The summed E-state index contributed by atoms with van der Waals surface area (Å²) in [5.74, 6) is 1.36. The summed E-state index contributed by atoms with van der Waals surface area (Å²) >= 11 is 0. The van der Waals surface area contributed by atoms with E-state index in [0.29, 0.717) is 42.2 Å². The highest BCUT2D eigenvalue weighted by Crippen LogP contribution is 2.30. The summed E-state index contributed by atoms with van der Waals surface area (Å²) in [5.41, 5.74) is 1.27. The van der Waals surface area contributed by atoms with Crippen LogP contribution in [-0.4, -0.2) is 52.7 Å². The van der Waals surface area contributed by atoms with Crippen molar-refractivity contribution in [2.24, 2.45) is 11.8 Å². The highest BCUT2D eigenvalue weighted by molar-refractivity contribution is 5.94. The second kappa shape index (κ2) is 7.09. The van der Waals surface area contributed by atoms with Gasteiger partial charge in [0.25, 0.3) is 5.91 Å². The molecule has 7 heteroatoms. The number of ether oxygens (including phenoxy) is 2. The predicted octanol–water partition coefficient (Wildman–Crippen LogP) is 1.60. The molecule has 134 valence electrons. The number of carbonyl (C=O) groups excluding carboxylic acids is 1. The molecule has 0 unspecified atom stereocenters. The minimum atomic E-state index is -0.0815. The molecule has 25 heavy (non-hydrogen) atoms. The Morgan fingerprint density at radius 3 is 2.88 bits per heavy atom. The molecule has 4 rings (SSSR count). The number of hydrogen-bond donors (Lipinski definition) is 1. The molecule has 0 saturated carbocycles. The zero-order valence-electron chi connectivity index (χ0n) is 14.5. The summed E-state index contributed by atoms with van der Waals surface area (Å²) in [5, 5.41) is 3.25. The number of hydrogen-bond acceptors (Lipinski definition) is 5. The van der Waals surface area contributed by atoms with E-state index in [1.807, 2.05) is 19.2 Å². The fourth-order valence-electron chi connectivity index (χ4n) is 4.06. The Kier molecular flexibility index (Phi) is 4.67. The van der Waals surface area contributed by atoms with E-state index in [2.05, 4.69) is 15.3 Å². The quantitative estimate of drug-likeness (QED) is 0.915. The normalized spacial score (nSPS) is 25.2. The van der Waals surface area contributed by atoms with Crippen molar-refractivity contribution < 1.29 is 14.3 Å². The van der Waals surface area contributed by atoms with Gasteiger partial charge in [-0.25, -0.2) is 9.97 Å². The van der Waals surface area contributed by atoms with Gasteiger partial charge in [0.05, 0.1) is 12.3 Å². The molecule has 2 atom stereocenters. The molecule has 2 aliphatic heterocycles. The second-order valence-electron chi connectivity index (χ2n) is 6.89. The lowest BCUT2D eigenvalue weighted by Gasteiger charge is -2.39. The van der Waals surface area contributed by atoms with Crippen LogP contribution in [-0.2, 0) is 9.47 Å². The first kappa shape index (κ1) is 16.5. The highest BCUT2D eigenvalue weighted by Gasteiger charge is 2.35. The van der Waals surface area contributed by atoms with E-state index >= 15 is 0 Å². The average molecular weight is 344 g/mol. The van der Waals surface area contributed by atoms with Crippen LogP contribution in [0.15, 0.2) is 18.5 Å². The molecule has 1 N–H and O–H groups in total. The number of carbonyl (C=O) groups is 1. The number of rotatable bonds is 3. The summed E-state index contributed by atoms with van der Waals surface area (Å²) in [6, 6.07) is 1.94. The lowest BCUT2D eigenvalue weighted by atomic mass is 9.79. The monoisotopic (exact) mass is 344 g/mol. The van der Waals surface area contributed by atoms with Crippen molar-refractivity contribution in [3.05, 3.63) is 29.8 Å². The van der Waals surface area contributed by atoms with Gasteiger partial charge in [-0.1, -0.05) is 0 Å². The Bertz CT molecular complexity index is 754. The van der Waals surface area contributed by atoms with Crippen LogP contribution >= 0.6 is 0 Å². The molecular formula is C18H24N4O3. The number of fused-ring (bicyclic) bond motifs is 1. The van der Waals surface area contributed by atoms with Gasteiger partial charge >= 0.3 is 0 Å². The third-order valence-corrected chi connectivity index (χ3v) is 5.38. The molecule has 2 aromatic rings. The Hall–Kier alpha value is -1.99. The number of aromatic nitrogens is 3. The topological polar surface area (TPSA) is 77.8 Å². The molecule has 0 bridgehead atoms. The van der Waals surface area contributed by atoms with E-state index in [-0.39, 0.29) is 11.9 Å². The zero-order chi connectivity index (χ0) is 17.2. The molecule has 2 saturated heterocycles. The minimum Gasteiger partial charge on any atom is -0.381 e. The Balaban J connectivity index is 1.54. The van der Waals surface area contributed by atoms with Crippen LogP contribution in [0.1, 0.15) is 35.4 Å². The van der Waals surface area contributed by atoms with Crippen molar-refractivity contribution in [3.8, 4) is 0 Å². The van der Waals surface area contributed by atoms with Gasteiger partial charge in [-0.2, -0.15) is 0 Å². The van der Waals surface area contributed by atoms with Crippen LogP contribution in [0.2, 0.25) is 0 Å². The van der Waals surface area contributed by atoms with E-state index in [1.54, 1.807) is 10.6 Å². The van der Waals surface area contributed by atoms with Crippen LogP contribution in [0.5, 0.6) is 0 Å². The van der Waals surface area contributed by atoms with Gasteiger partial charge in [0.2, 0.25) is 5.78 Å². The first-order valence-electron chi connectivity index (χ1n) is 9.00. The maximum Gasteiger partial charge on any atom is 0.270 e. The van der Waals surface area contributed by atoms with Crippen molar-refractivity contribution >= 4 is 11.7 Å². The molecule has 7 nitrogen and oxygen atoms in total. The lowest BCUT2D eigenvalue weighted by Crippen LogP contribution is -2.49. The fraction of sp³-hybridized carbons (Fsp3) is 0.611. The van der Waals surface area contributed by atoms with Crippen molar-refractivity contribution in [1.29, 1.82) is 0 Å². The number of aryl methyl sites for hydroxylation is 1. The largest absolute Gasteiger partial charge is 0.381 e. The van der Waals surface area contributed by atoms with Crippen LogP contribution in [0.25, 0.3) is 5.78 Å². The van der Waals surface area contributed by atoms with Crippen molar-refractivity contribution in [2.45, 2.75) is 32.2 Å². The van der Waals surface area contributed by atoms with Crippen LogP contribution in [0.3, 0.4) is 0 Å². The molecule has 0 spiro atoms. The van der Waals surface area contributed by atoms with E-state index in [4.69, 9.17) is 9.47 Å². The minimum absolute atomic E-state index is 0.0815. The van der Waals surface area contributed by atoms with E-state index < -0.39 is 0 Å². The maximum absolute atomic E-state index is 13.0. The van der Waals surface area contributed by atoms with Gasteiger partial charge in [-0.3, -0.25) is 9.20 Å². The number of imidazole rings is 1. The molecule has 1 amide bonds. The van der Waals surface area contributed by atoms with Gasteiger partial charge in [0, 0.05) is 44.2 Å². The maximum atomic E-state index is 13.0. The van der Waals surface area contributed by atoms with E-state index in [1.165, 1.54) is 0 Å². The Morgan fingerprint density at radius 2 is 2.04 bits per heavy atom. The molecule has 4 heterocycles. The van der Waals surface area contributed by atoms with E-state index in [0.717, 1.165) is 32.5 Å². The molecule has 0 aromatic carbocycles. The highest BCUT2D eigenvalue weighted by atomic mass is 16.5. The van der Waals surface area contributed by atoms with Crippen LogP contribution in [0, 0.1) is 18.8 Å². The van der Waals surface area contributed by atoms with Crippen molar-refractivity contribution in [3.63, 3.8) is 0 Å². The number of amides is 1. The number of nitrogens with one attached hydrogen (secondary N) is 1. The second-order valence-corrected chi connectivity index (χ2v) is 6.89. The van der Waals surface area contributed by atoms with Crippen LogP contribution < -0.4 is 5.32 Å². The van der Waals surface area contributed by atoms with Crippen LogP contribution in [0.4, 0.5) is 0 Å². The summed E-state index contributed by atoms with van der Waals surface area (Å²) in [6.45, 7) is 4.87. The third-order valence-electron chi connectivity index (χ3n) is 5.38. The standard InChI is InChI=1S/C18H24N4O3/c1-12-16(22-7-2-6-19-18(22)20-12)17(23)21-15-5-10-25-11-14(15)13-3-8-24-9-4-13/h2,6-7,13-15H,3-5,8-11H2,1H3,(H,21,23)/t14-,15-/m1/s1. The summed E-state index contributed by atoms with van der Waals surface area (Å²) in [7, 11) is 0. The molecular weight excluding hydrogens is 320 g/mol. The first-order chi connectivity index (χ1) is 12.2. The van der Waals surface area contributed by atoms with Gasteiger partial charge in [0.15, 0.2) is 0 Å². The van der Waals surface area contributed by atoms with E-state index in [9.17, 15) is 4.79 Å². The average Bonchev–Trinajstić information content (AvgIpc) is 2.98. The Morgan fingerprint density at radius 1 is 1.24 bits per heavy atom. The summed E-state index contributed by atoms with van der Waals surface area (Å²) in [4.78, 5) is 21.6. The number of nitrogens with zero attached hydrogens (tertiary/aromatic N) is 3. The smallest absolute Gasteiger partial charge is 0.270 e. The zero-order valence-corrected chi connectivity index (χ0v) is 14.5. The van der Waals surface area contributed by atoms with Gasteiger partial charge in [-0.05, 0) is 38.2 Å². The van der Waals surface area contributed by atoms with Crippen molar-refractivity contribution in [1.82, 2.24) is 19.7 Å². The third kappa shape index (κ3) is 3.26. The van der Waals surface area contributed by atoms with Crippen molar-refractivity contribution in [2.75, 3.05) is 26.4 Å². The molecule has 0 aliphatic carbocycles. The molecule has 2 aliphatic rings. The predicted molar refractivity (Wildman–Crippen MR) is 91.4 cm³/mol. The van der Waals surface area contributed by atoms with Gasteiger partial charge in [0.1, 0.15) is 5.69 Å². The first-order valence-corrected chi connectivity index (χ1v) is 9.00. The molecule has 2 fully saturated rings. The SMILES string of the molecule is Cc1nc2ncccn2c1C(=O)N[C@@H]1CCOC[C@@H]1C1CCOCC1. The molecule has 0 radical (unpaired) electrons. The summed E-state index contributed by atoms with van der Waals surface area (Å²) < 4.78 is 13.0. The fourth-order valence-corrected chi connectivity index (χ4v) is 4.06. The van der Waals surface area contributed by atoms with Gasteiger partial charge in [-0.15, -0.1) is 0 Å².